The van der Waals surface area contributed by atoms with Gasteiger partial charge in [-0.25, -0.2) is 0 Å². The van der Waals surface area contributed by atoms with Crippen LogP contribution in [0.2, 0.25) is 0 Å². The first-order chi connectivity index (χ1) is 9.11. The van der Waals surface area contributed by atoms with E-state index in [2.05, 4.69) is 24.0 Å². The lowest BCUT2D eigenvalue weighted by Crippen LogP contribution is -2.06. The molecule has 0 aliphatic rings. The van der Waals surface area contributed by atoms with E-state index in [-0.39, 0.29) is 5.89 Å². The predicted octanol–water partition coefficient (Wildman–Crippen LogP) is 2.24. The standard InChI is InChI=1S/C14H19N3O2/c1-9(2)10-3-5-11(6-4-10)13-16-14(19-17-13)12(18)7-8-15/h3-6,9,12,18H,7-8,15H2,1-2H3/t12-/m0/s1. The molecule has 1 heterocycles. The van der Waals surface area contributed by atoms with Crippen molar-refractivity contribution >= 4 is 0 Å². The Morgan fingerprint density at radius 2 is 1.95 bits per heavy atom. The Hall–Kier alpha value is -1.72. The molecule has 1 aromatic carbocycles. The summed E-state index contributed by atoms with van der Waals surface area (Å²) < 4.78 is 5.04. The smallest absolute Gasteiger partial charge is 0.255 e. The van der Waals surface area contributed by atoms with Crippen molar-refractivity contribution in [2.75, 3.05) is 6.54 Å². The summed E-state index contributed by atoms with van der Waals surface area (Å²) in [5, 5.41) is 13.6. The van der Waals surface area contributed by atoms with E-state index in [9.17, 15) is 5.11 Å². The van der Waals surface area contributed by atoms with Crippen LogP contribution in [0, 0.1) is 0 Å². The fraction of sp³-hybridized carbons (Fsp3) is 0.429. The highest BCUT2D eigenvalue weighted by Crippen LogP contribution is 2.22. The lowest BCUT2D eigenvalue weighted by molar-refractivity contribution is 0.127. The Bertz CT molecular complexity index is 520. The quantitative estimate of drug-likeness (QED) is 0.862. The molecule has 0 saturated carbocycles. The molecule has 19 heavy (non-hydrogen) atoms. The lowest BCUT2D eigenvalue weighted by Gasteiger charge is -2.04. The van der Waals surface area contributed by atoms with Gasteiger partial charge in [-0.2, -0.15) is 4.98 Å². The molecule has 0 fully saturated rings. The summed E-state index contributed by atoms with van der Waals surface area (Å²) in [5.41, 5.74) is 7.51. The van der Waals surface area contributed by atoms with Crippen LogP contribution in [0.4, 0.5) is 0 Å². The van der Waals surface area contributed by atoms with Crippen LogP contribution >= 0.6 is 0 Å². The van der Waals surface area contributed by atoms with E-state index in [4.69, 9.17) is 10.3 Å². The van der Waals surface area contributed by atoms with E-state index in [1.807, 2.05) is 24.3 Å². The SMILES string of the molecule is CC(C)c1ccc(-c2noc([C@@H](O)CCN)n2)cc1. The molecular formula is C14H19N3O2. The van der Waals surface area contributed by atoms with Crippen molar-refractivity contribution in [3.05, 3.63) is 35.7 Å². The summed E-state index contributed by atoms with van der Waals surface area (Å²) in [6, 6.07) is 8.01. The summed E-state index contributed by atoms with van der Waals surface area (Å²) in [6.45, 7) is 4.66. The molecule has 102 valence electrons. The Labute approximate surface area is 112 Å². The van der Waals surface area contributed by atoms with Gasteiger partial charge in [-0.15, -0.1) is 0 Å². The number of aliphatic hydroxyl groups excluding tert-OH is 1. The molecule has 0 aliphatic heterocycles. The van der Waals surface area contributed by atoms with Crippen molar-refractivity contribution in [1.82, 2.24) is 10.1 Å². The van der Waals surface area contributed by atoms with Crippen LogP contribution in [0.25, 0.3) is 11.4 Å². The minimum absolute atomic E-state index is 0.216. The maximum atomic E-state index is 9.72. The molecule has 2 rings (SSSR count). The molecule has 5 heteroatoms. The van der Waals surface area contributed by atoms with Crippen molar-refractivity contribution in [3.8, 4) is 11.4 Å². The number of aromatic nitrogens is 2. The second-order valence-corrected chi connectivity index (χ2v) is 4.83. The first-order valence-electron chi connectivity index (χ1n) is 6.44. The first kappa shape index (κ1) is 13.7. The van der Waals surface area contributed by atoms with Crippen molar-refractivity contribution in [1.29, 1.82) is 0 Å². The molecule has 2 aromatic rings. The molecule has 0 spiro atoms. The van der Waals surface area contributed by atoms with Crippen LogP contribution in [0.5, 0.6) is 0 Å². The van der Waals surface area contributed by atoms with Crippen molar-refractivity contribution in [3.63, 3.8) is 0 Å². The highest BCUT2D eigenvalue weighted by molar-refractivity contribution is 5.54. The molecule has 0 unspecified atom stereocenters. The minimum atomic E-state index is -0.791. The molecule has 1 atom stereocenters. The molecular weight excluding hydrogens is 242 g/mol. The zero-order valence-corrected chi connectivity index (χ0v) is 11.2. The zero-order valence-electron chi connectivity index (χ0n) is 11.2. The van der Waals surface area contributed by atoms with E-state index in [0.717, 1.165) is 5.56 Å². The van der Waals surface area contributed by atoms with Gasteiger partial charge in [0, 0.05) is 5.56 Å². The number of nitrogens with two attached hydrogens (primary N) is 1. The van der Waals surface area contributed by atoms with Crippen LogP contribution in [0.3, 0.4) is 0 Å². The number of aliphatic hydroxyl groups is 1. The molecule has 5 nitrogen and oxygen atoms in total. The summed E-state index contributed by atoms with van der Waals surface area (Å²) in [4.78, 5) is 4.19. The molecule has 0 radical (unpaired) electrons. The highest BCUT2D eigenvalue weighted by atomic mass is 16.5. The van der Waals surface area contributed by atoms with E-state index in [0.29, 0.717) is 24.7 Å². The number of benzene rings is 1. The average Bonchev–Trinajstić information content (AvgIpc) is 2.89. The van der Waals surface area contributed by atoms with Crippen LogP contribution in [-0.2, 0) is 0 Å². The third kappa shape index (κ3) is 3.19. The Balaban J connectivity index is 2.18. The normalized spacial score (nSPS) is 12.9. The van der Waals surface area contributed by atoms with Gasteiger partial charge in [-0.1, -0.05) is 43.3 Å². The Morgan fingerprint density at radius 3 is 2.53 bits per heavy atom. The maximum absolute atomic E-state index is 9.72. The maximum Gasteiger partial charge on any atom is 0.255 e. The minimum Gasteiger partial charge on any atom is -0.383 e. The van der Waals surface area contributed by atoms with Crippen LogP contribution in [0.1, 0.15) is 43.7 Å². The number of nitrogens with zero attached hydrogens (tertiary/aromatic N) is 2. The van der Waals surface area contributed by atoms with E-state index < -0.39 is 6.10 Å². The van der Waals surface area contributed by atoms with Crippen LogP contribution in [0.15, 0.2) is 28.8 Å². The van der Waals surface area contributed by atoms with Crippen molar-refractivity contribution in [2.45, 2.75) is 32.3 Å². The van der Waals surface area contributed by atoms with Crippen molar-refractivity contribution in [2.24, 2.45) is 5.73 Å². The fourth-order valence-corrected chi connectivity index (χ4v) is 1.79. The second-order valence-electron chi connectivity index (χ2n) is 4.83. The monoisotopic (exact) mass is 261 g/mol. The zero-order chi connectivity index (χ0) is 13.8. The third-order valence-electron chi connectivity index (χ3n) is 3.00. The van der Waals surface area contributed by atoms with E-state index in [1.54, 1.807) is 0 Å². The average molecular weight is 261 g/mol. The van der Waals surface area contributed by atoms with Crippen LogP contribution < -0.4 is 5.73 Å². The second kappa shape index (κ2) is 5.95. The highest BCUT2D eigenvalue weighted by Gasteiger charge is 2.16. The number of hydrogen-bond acceptors (Lipinski definition) is 5. The van der Waals surface area contributed by atoms with Gasteiger partial charge in [-0.05, 0) is 24.4 Å². The van der Waals surface area contributed by atoms with Gasteiger partial charge in [0.15, 0.2) is 0 Å². The topological polar surface area (TPSA) is 85.2 Å². The molecule has 0 bridgehead atoms. The number of rotatable bonds is 5. The molecule has 0 aliphatic carbocycles. The number of hydrogen-bond donors (Lipinski definition) is 2. The lowest BCUT2D eigenvalue weighted by atomic mass is 10.0. The van der Waals surface area contributed by atoms with E-state index in [1.165, 1.54) is 5.56 Å². The Kier molecular flexibility index (Phi) is 4.29. The predicted molar refractivity (Wildman–Crippen MR) is 72.5 cm³/mol. The van der Waals surface area contributed by atoms with Gasteiger partial charge < -0.3 is 15.4 Å². The van der Waals surface area contributed by atoms with Gasteiger partial charge in [-0.3, -0.25) is 0 Å². The Morgan fingerprint density at radius 1 is 1.26 bits per heavy atom. The molecule has 0 amide bonds. The summed E-state index contributed by atoms with van der Waals surface area (Å²) >= 11 is 0. The largest absolute Gasteiger partial charge is 0.383 e. The third-order valence-corrected chi connectivity index (χ3v) is 3.00. The first-order valence-corrected chi connectivity index (χ1v) is 6.44. The van der Waals surface area contributed by atoms with Gasteiger partial charge in [0.05, 0.1) is 0 Å². The van der Waals surface area contributed by atoms with Gasteiger partial charge in [0.25, 0.3) is 5.89 Å². The molecule has 3 N–H and O–H groups in total. The fourth-order valence-electron chi connectivity index (χ4n) is 1.79. The molecule has 0 saturated heterocycles. The van der Waals surface area contributed by atoms with Gasteiger partial charge in [0.2, 0.25) is 5.82 Å². The van der Waals surface area contributed by atoms with Gasteiger partial charge >= 0.3 is 0 Å². The molecule has 1 aromatic heterocycles. The van der Waals surface area contributed by atoms with Crippen molar-refractivity contribution < 1.29 is 9.63 Å². The van der Waals surface area contributed by atoms with E-state index >= 15 is 0 Å². The summed E-state index contributed by atoms with van der Waals surface area (Å²) in [7, 11) is 0. The summed E-state index contributed by atoms with van der Waals surface area (Å²) in [5.74, 6) is 1.19. The summed E-state index contributed by atoms with van der Waals surface area (Å²) in [6.07, 6.45) is -0.380. The van der Waals surface area contributed by atoms with Crippen LogP contribution in [-0.4, -0.2) is 21.8 Å². The van der Waals surface area contributed by atoms with Gasteiger partial charge in [0.1, 0.15) is 6.10 Å².